The van der Waals surface area contributed by atoms with Gasteiger partial charge in [-0.3, -0.25) is 9.69 Å². The van der Waals surface area contributed by atoms with Crippen molar-refractivity contribution in [1.29, 1.82) is 0 Å². The Morgan fingerprint density at radius 2 is 2.20 bits per heavy atom. The lowest BCUT2D eigenvalue weighted by Crippen LogP contribution is -2.33. The molecule has 0 radical (unpaired) electrons. The number of hydrogen-bond acceptors (Lipinski definition) is 5. The summed E-state index contributed by atoms with van der Waals surface area (Å²) in [6.45, 7) is 1.22. The molecule has 0 bridgehead atoms. The fraction of sp³-hybridized carbons (Fsp3) is 0.278. The number of carbonyl (C=O) groups excluding carboxylic acids is 1. The number of halogens is 1. The van der Waals surface area contributed by atoms with Gasteiger partial charge in [-0.2, -0.15) is 0 Å². The van der Waals surface area contributed by atoms with Crippen molar-refractivity contribution < 1.29 is 4.79 Å². The number of carbonyl (C=O) groups is 1. The summed E-state index contributed by atoms with van der Waals surface area (Å²) in [6.07, 6.45) is 3.70. The fourth-order valence-electron chi connectivity index (χ4n) is 3.18. The van der Waals surface area contributed by atoms with Crippen LogP contribution < -0.4 is 5.32 Å². The maximum Gasteiger partial charge on any atom is 0.238 e. The van der Waals surface area contributed by atoms with Crippen LogP contribution in [-0.4, -0.2) is 33.9 Å². The van der Waals surface area contributed by atoms with Crippen LogP contribution in [-0.2, 0) is 4.79 Å². The molecule has 128 valence electrons. The molecular weight excluding hydrogens is 356 g/mol. The molecule has 1 fully saturated rings. The van der Waals surface area contributed by atoms with E-state index in [9.17, 15) is 4.79 Å². The summed E-state index contributed by atoms with van der Waals surface area (Å²) < 4.78 is 1.19. The van der Waals surface area contributed by atoms with Gasteiger partial charge in [0.15, 0.2) is 5.15 Å². The third-order valence-electron chi connectivity index (χ3n) is 4.34. The fourth-order valence-corrected chi connectivity index (χ4v) is 4.48. The van der Waals surface area contributed by atoms with Crippen LogP contribution in [0.3, 0.4) is 0 Å². The summed E-state index contributed by atoms with van der Waals surface area (Å²) in [5.74, 6) is -0.0806. The number of pyridine rings is 1. The molecule has 7 heteroatoms. The van der Waals surface area contributed by atoms with Crippen LogP contribution in [0.5, 0.6) is 0 Å². The minimum atomic E-state index is -0.0806. The predicted molar refractivity (Wildman–Crippen MR) is 101 cm³/mol. The zero-order chi connectivity index (χ0) is 17.2. The number of para-hydroxylation sites is 1. The summed E-state index contributed by atoms with van der Waals surface area (Å²) in [5.41, 5.74) is 1.57. The topological polar surface area (TPSA) is 58.1 Å². The third-order valence-corrected chi connectivity index (χ3v) is 5.78. The van der Waals surface area contributed by atoms with Crippen LogP contribution in [0.4, 0.5) is 5.69 Å². The Morgan fingerprint density at radius 1 is 1.32 bits per heavy atom. The van der Waals surface area contributed by atoms with Crippen molar-refractivity contribution in [2.75, 3.05) is 18.4 Å². The van der Waals surface area contributed by atoms with Gasteiger partial charge in [-0.15, -0.1) is 11.3 Å². The molecule has 0 saturated carbocycles. The number of anilines is 1. The van der Waals surface area contributed by atoms with E-state index in [1.807, 2.05) is 18.2 Å². The van der Waals surface area contributed by atoms with Gasteiger partial charge in [0.1, 0.15) is 5.01 Å². The van der Waals surface area contributed by atoms with Crippen LogP contribution in [0.25, 0.3) is 10.2 Å². The van der Waals surface area contributed by atoms with E-state index in [-0.39, 0.29) is 11.9 Å². The number of nitrogens with one attached hydrogen (secondary N) is 1. The number of likely N-dealkylation sites (tertiary alicyclic amines) is 1. The molecule has 1 aliphatic rings. The van der Waals surface area contributed by atoms with Gasteiger partial charge >= 0.3 is 0 Å². The monoisotopic (exact) mass is 372 g/mol. The van der Waals surface area contributed by atoms with E-state index in [1.165, 1.54) is 4.70 Å². The van der Waals surface area contributed by atoms with E-state index in [0.717, 1.165) is 29.9 Å². The van der Waals surface area contributed by atoms with Gasteiger partial charge in [0.05, 0.1) is 28.5 Å². The van der Waals surface area contributed by atoms with Crippen molar-refractivity contribution in [3.05, 3.63) is 52.8 Å². The lowest BCUT2D eigenvalue weighted by molar-refractivity contribution is -0.117. The van der Waals surface area contributed by atoms with Gasteiger partial charge in [-0.1, -0.05) is 23.7 Å². The summed E-state index contributed by atoms with van der Waals surface area (Å²) in [6, 6.07) is 11.9. The number of nitrogens with zero attached hydrogens (tertiary/aromatic N) is 3. The summed E-state index contributed by atoms with van der Waals surface area (Å²) in [5, 5.41) is 4.24. The summed E-state index contributed by atoms with van der Waals surface area (Å²) in [4.78, 5) is 23.3. The van der Waals surface area contributed by atoms with Crippen LogP contribution in [0.2, 0.25) is 5.15 Å². The van der Waals surface area contributed by atoms with Crippen LogP contribution in [0, 0.1) is 0 Å². The molecule has 3 aromatic rings. The quantitative estimate of drug-likeness (QED) is 0.700. The highest BCUT2D eigenvalue weighted by molar-refractivity contribution is 7.18. The Balaban J connectivity index is 1.48. The van der Waals surface area contributed by atoms with Crippen molar-refractivity contribution >= 4 is 44.7 Å². The summed E-state index contributed by atoms with van der Waals surface area (Å²) >= 11 is 7.72. The minimum Gasteiger partial charge on any atom is -0.322 e. The minimum absolute atomic E-state index is 0.0806. The van der Waals surface area contributed by atoms with E-state index >= 15 is 0 Å². The molecule has 1 atom stereocenters. The first-order chi connectivity index (χ1) is 12.2. The van der Waals surface area contributed by atoms with Gasteiger partial charge < -0.3 is 5.32 Å². The first-order valence-corrected chi connectivity index (χ1v) is 9.40. The molecule has 2 aromatic heterocycles. The van der Waals surface area contributed by atoms with Crippen molar-refractivity contribution in [2.24, 2.45) is 0 Å². The number of fused-ring (bicyclic) bond motifs is 1. The third kappa shape index (κ3) is 3.51. The molecule has 0 unspecified atom stereocenters. The second-order valence-electron chi connectivity index (χ2n) is 6.04. The largest absolute Gasteiger partial charge is 0.322 e. The molecule has 0 spiro atoms. The van der Waals surface area contributed by atoms with E-state index < -0.39 is 0 Å². The van der Waals surface area contributed by atoms with Gasteiger partial charge in [-0.05, 0) is 43.7 Å². The van der Waals surface area contributed by atoms with Crippen LogP contribution >= 0.6 is 22.9 Å². The molecule has 5 nitrogen and oxygen atoms in total. The molecular formula is C18H17ClN4OS. The van der Waals surface area contributed by atoms with Gasteiger partial charge in [0.2, 0.25) is 5.91 Å². The maximum atomic E-state index is 12.4. The highest BCUT2D eigenvalue weighted by Gasteiger charge is 2.30. The van der Waals surface area contributed by atoms with Crippen molar-refractivity contribution in [2.45, 2.75) is 18.9 Å². The average Bonchev–Trinajstić information content (AvgIpc) is 3.23. The number of benzene rings is 1. The van der Waals surface area contributed by atoms with E-state index in [2.05, 4.69) is 21.3 Å². The van der Waals surface area contributed by atoms with Gasteiger partial charge in [0, 0.05) is 6.20 Å². The lowest BCUT2D eigenvalue weighted by Gasteiger charge is -2.22. The Morgan fingerprint density at radius 3 is 3.04 bits per heavy atom. The highest BCUT2D eigenvalue weighted by atomic mass is 35.5. The normalized spacial score (nSPS) is 17.9. The molecule has 4 rings (SSSR count). The zero-order valence-corrected chi connectivity index (χ0v) is 15.1. The Hall–Kier alpha value is -2.02. The smallest absolute Gasteiger partial charge is 0.238 e. The summed E-state index contributed by atoms with van der Waals surface area (Å²) in [7, 11) is 0. The number of thiazole rings is 1. The van der Waals surface area contributed by atoms with Gasteiger partial charge in [-0.25, -0.2) is 9.97 Å². The second-order valence-corrected chi connectivity index (χ2v) is 7.46. The lowest BCUT2D eigenvalue weighted by atomic mass is 10.2. The Kier molecular flexibility index (Phi) is 4.65. The molecule has 1 aromatic carbocycles. The average molecular weight is 373 g/mol. The molecule has 1 saturated heterocycles. The van der Waals surface area contributed by atoms with Crippen LogP contribution in [0.15, 0.2) is 42.6 Å². The molecule has 3 heterocycles. The number of aromatic nitrogens is 2. The van der Waals surface area contributed by atoms with Crippen molar-refractivity contribution in [3.63, 3.8) is 0 Å². The van der Waals surface area contributed by atoms with Crippen LogP contribution in [0.1, 0.15) is 23.9 Å². The van der Waals surface area contributed by atoms with Gasteiger partial charge in [0.25, 0.3) is 0 Å². The number of hydrogen-bond donors (Lipinski definition) is 1. The van der Waals surface area contributed by atoms with Crippen molar-refractivity contribution in [3.8, 4) is 0 Å². The molecule has 1 N–H and O–H groups in total. The Labute approximate surface area is 154 Å². The molecule has 1 amide bonds. The van der Waals surface area contributed by atoms with E-state index in [1.54, 1.807) is 29.7 Å². The van der Waals surface area contributed by atoms with Crippen molar-refractivity contribution in [1.82, 2.24) is 14.9 Å². The van der Waals surface area contributed by atoms with E-state index in [0.29, 0.717) is 17.4 Å². The molecule has 0 aliphatic carbocycles. The standard InChI is InChI=1S/C18H17ClN4OS/c19-17-13(6-3-9-20-17)21-16(24)11-23-10-4-7-14(23)18-22-12-5-1-2-8-15(12)25-18/h1-3,5-6,8-9,14H,4,7,10-11H2,(H,21,24)/t14-/m1/s1. The first-order valence-electron chi connectivity index (χ1n) is 8.20. The zero-order valence-electron chi connectivity index (χ0n) is 13.5. The SMILES string of the molecule is O=C(CN1CCC[C@@H]1c1nc2ccccc2s1)Nc1cccnc1Cl. The maximum absolute atomic E-state index is 12.4. The molecule has 25 heavy (non-hydrogen) atoms. The number of rotatable bonds is 4. The molecule has 1 aliphatic heterocycles. The first kappa shape index (κ1) is 16.4. The Bertz CT molecular complexity index is 880. The number of amides is 1. The second kappa shape index (κ2) is 7.07. The predicted octanol–water partition coefficient (Wildman–Crippen LogP) is 4.12. The highest BCUT2D eigenvalue weighted by Crippen LogP contribution is 2.36. The van der Waals surface area contributed by atoms with E-state index in [4.69, 9.17) is 16.6 Å².